The molecule has 3 N–H and O–H groups in total. The molecule has 0 spiro atoms. The van der Waals surface area contributed by atoms with E-state index in [1.807, 2.05) is 19.1 Å². The van der Waals surface area contributed by atoms with Gasteiger partial charge in [0.15, 0.2) is 6.10 Å². The van der Waals surface area contributed by atoms with Crippen molar-refractivity contribution in [1.82, 2.24) is 10.3 Å². The number of carbonyl (C=O) groups excluding carboxylic acids is 2. The molecule has 0 saturated carbocycles. The first kappa shape index (κ1) is 14.5. The van der Waals surface area contributed by atoms with E-state index in [2.05, 4.69) is 20.3 Å². The zero-order valence-corrected chi connectivity index (χ0v) is 11.5. The Kier molecular flexibility index (Phi) is 4.17. The standard InChI is InChI=1S/C13H14N4O4/c1-7-4-3-5-9(6-7)15-12(18)8(2)20-13(19)10-11(14)17-21-16-10/h3-6,8H,1-2H3,(H2,14,17)(H,15,18). The molecule has 21 heavy (non-hydrogen) atoms. The molecule has 0 aliphatic heterocycles. The van der Waals surface area contributed by atoms with E-state index < -0.39 is 18.0 Å². The summed E-state index contributed by atoms with van der Waals surface area (Å²) >= 11 is 0. The van der Waals surface area contributed by atoms with E-state index >= 15 is 0 Å². The van der Waals surface area contributed by atoms with Gasteiger partial charge in [-0.25, -0.2) is 9.42 Å². The fourth-order valence-electron chi connectivity index (χ4n) is 1.57. The number of aromatic nitrogens is 2. The molecule has 2 rings (SSSR count). The summed E-state index contributed by atoms with van der Waals surface area (Å²) in [6.07, 6.45) is -1.02. The summed E-state index contributed by atoms with van der Waals surface area (Å²) in [5.74, 6) is -1.53. The molecule has 0 aliphatic carbocycles. The van der Waals surface area contributed by atoms with Crippen LogP contribution in [0.3, 0.4) is 0 Å². The second kappa shape index (κ2) is 6.04. The lowest BCUT2D eigenvalue weighted by molar-refractivity contribution is -0.123. The molecule has 1 heterocycles. The van der Waals surface area contributed by atoms with Gasteiger partial charge in [-0.2, -0.15) is 0 Å². The Bertz CT molecular complexity index is 668. The van der Waals surface area contributed by atoms with Crippen molar-refractivity contribution < 1.29 is 19.0 Å². The number of esters is 1. The van der Waals surface area contributed by atoms with Crippen LogP contribution in [0.2, 0.25) is 0 Å². The molecule has 0 fully saturated rings. The van der Waals surface area contributed by atoms with Gasteiger partial charge in [0.2, 0.25) is 11.5 Å². The van der Waals surface area contributed by atoms with Crippen LogP contribution in [0, 0.1) is 6.92 Å². The predicted molar refractivity (Wildman–Crippen MR) is 73.4 cm³/mol. The van der Waals surface area contributed by atoms with Crippen LogP contribution >= 0.6 is 0 Å². The smallest absolute Gasteiger partial charge is 0.365 e. The summed E-state index contributed by atoms with van der Waals surface area (Å²) in [4.78, 5) is 23.6. The maximum atomic E-state index is 11.9. The molecule has 0 saturated heterocycles. The third-order valence-corrected chi connectivity index (χ3v) is 2.65. The van der Waals surface area contributed by atoms with E-state index in [9.17, 15) is 9.59 Å². The lowest BCUT2D eigenvalue weighted by atomic mass is 10.2. The van der Waals surface area contributed by atoms with E-state index in [-0.39, 0.29) is 11.5 Å². The van der Waals surface area contributed by atoms with Crippen molar-refractivity contribution >= 4 is 23.4 Å². The van der Waals surface area contributed by atoms with Crippen LogP contribution in [0.1, 0.15) is 23.0 Å². The summed E-state index contributed by atoms with van der Waals surface area (Å²) in [5, 5.41) is 9.20. The monoisotopic (exact) mass is 290 g/mol. The molecule has 0 bridgehead atoms. The van der Waals surface area contributed by atoms with Gasteiger partial charge in [-0.05, 0) is 41.9 Å². The minimum atomic E-state index is -1.02. The van der Waals surface area contributed by atoms with Crippen LogP contribution in [0.15, 0.2) is 28.9 Å². The molecule has 110 valence electrons. The molecule has 1 atom stereocenters. The summed E-state index contributed by atoms with van der Waals surface area (Å²) in [6.45, 7) is 3.34. The SMILES string of the molecule is Cc1cccc(NC(=O)C(C)OC(=O)c2nonc2N)c1. The lowest BCUT2D eigenvalue weighted by Gasteiger charge is -2.12. The molecule has 0 radical (unpaired) electrons. The molecule has 8 nitrogen and oxygen atoms in total. The summed E-state index contributed by atoms with van der Waals surface area (Å²) in [6, 6.07) is 7.24. The number of nitrogens with two attached hydrogens (primary N) is 1. The number of rotatable bonds is 4. The van der Waals surface area contributed by atoms with E-state index in [1.165, 1.54) is 6.92 Å². The molecule has 1 aromatic carbocycles. The van der Waals surface area contributed by atoms with E-state index in [1.54, 1.807) is 12.1 Å². The molecular formula is C13H14N4O4. The number of aryl methyl sites for hydroxylation is 1. The fourth-order valence-corrected chi connectivity index (χ4v) is 1.57. The maximum absolute atomic E-state index is 11.9. The minimum Gasteiger partial charge on any atom is -0.448 e. The number of benzene rings is 1. The molecular weight excluding hydrogens is 276 g/mol. The number of nitrogen functional groups attached to an aromatic ring is 1. The highest BCUT2D eigenvalue weighted by atomic mass is 16.6. The maximum Gasteiger partial charge on any atom is 0.365 e. The van der Waals surface area contributed by atoms with Gasteiger partial charge in [0.25, 0.3) is 5.91 Å². The van der Waals surface area contributed by atoms with E-state index in [0.717, 1.165) is 5.56 Å². The summed E-state index contributed by atoms with van der Waals surface area (Å²) in [7, 11) is 0. The van der Waals surface area contributed by atoms with Crippen molar-refractivity contribution in [3.05, 3.63) is 35.5 Å². The van der Waals surface area contributed by atoms with Crippen molar-refractivity contribution in [3.63, 3.8) is 0 Å². The minimum absolute atomic E-state index is 0.189. The third-order valence-electron chi connectivity index (χ3n) is 2.65. The van der Waals surface area contributed by atoms with Crippen molar-refractivity contribution in [1.29, 1.82) is 0 Å². The quantitative estimate of drug-likeness (QED) is 0.810. The number of ether oxygens (including phenoxy) is 1. The van der Waals surface area contributed by atoms with Crippen LogP contribution in [0.4, 0.5) is 11.5 Å². The molecule has 1 unspecified atom stereocenters. The number of amides is 1. The Labute approximate surface area is 120 Å². The van der Waals surface area contributed by atoms with E-state index in [0.29, 0.717) is 5.69 Å². The van der Waals surface area contributed by atoms with Crippen molar-refractivity contribution in [3.8, 4) is 0 Å². The fraction of sp³-hybridized carbons (Fsp3) is 0.231. The lowest BCUT2D eigenvalue weighted by Crippen LogP contribution is -2.30. The van der Waals surface area contributed by atoms with Gasteiger partial charge < -0.3 is 15.8 Å². The van der Waals surface area contributed by atoms with Crippen LogP contribution < -0.4 is 11.1 Å². The highest BCUT2D eigenvalue weighted by Crippen LogP contribution is 2.12. The van der Waals surface area contributed by atoms with Crippen LogP contribution in [0.25, 0.3) is 0 Å². The number of nitrogens with one attached hydrogen (secondary N) is 1. The summed E-state index contributed by atoms with van der Waals surface area (Å²) < 4.78 is 9.24. The van der Waals surface area contributed by atoms with Crippen LogP contribution in [0.5, 0.6) is 0 Å². The van der Waals surface area contributed by atoms with Gasteiger partial charge in [-0.1, -0.05) is 12.1 Å². The van der Waals surface area contributed by atoms with Crippen molar-refractivity contribution in [2.75, 3.05) is 11.1 Å². The first-order valence-corrected chi connectivity index (χ1v) is 6.14. The Morgan fingerprint density at radius 1 is 1.38 bits per heavy atom. The number of nitrogens with zero attached hydrogens (tertiary/aromatic N) is 2. The highest BCUT2D eigenvalue weighted by molar-refractivity contribution is 5.97. The van der Waals surface area contributed by atoms with Crippen molar-refractivity contribution in [2.24, 2.45) is 0 Å². The molecule has 0 aliphatic rings. The predicted octanol–water partition coefficient (Wildman–Crippen LogP) is 1.14. The second-order valence-electron chi connectivity index (χ2n) is 4.40. The zero-order chi connectivity index (χ0) is 15.4. The first-order valence-electron chi connectivity index (χ1n) is 6.14. The molecule has 8 heteroatoms. The van der Waals surface area contributed by atoms with Crippen LogP contribution in [-0.4, -0.2) is 28.3 Å². The van der Waals surface area contributed by atoms with Gasteiger partial charge >= 0.3 is 5.97 Å². The average Bonchev–Trinajstić information content (AvgIpc) is 2.85. The average molecular weight is 290 g/mol. The van der Waals surface area contributed by atoms with Gasteiger partial charge in [-0.15, -0.1) is 0 Å². The number of hydrogen-bond donors (Lipinski definition) is 2. The van der Waals surface area contributed by atoms with Gasteiger partial charge in [-0.3, -0.25) is 4.79 Å². The van der Waals surface area contributed by atoms with Gasteiger partial charge in [0.1, 0.15) is 0 Å². The molecule has 2 aromatic rings. The Morgan fingerprint density at radius 2 is 2.14 bits per heavy atom. The first-order chi connectivity index (χ1) is 9.97. The zero-order valence-electron chi connectivity index (χ0n) is 11.5. The van der Waals surface area contributed by atoms with E-state index in [4.69, 9.17) is 10.5 Å². The second-order valence-corrected chi connectivity index (χ2v) is 4.40. The Morgan fingerprint density at radius 3 is 2.76 bits per heavy atom. The summed E-state index contributed by atoms with van der Waals surface area (Å²) in [5.41, 5.74) is 6.72. The topological polar surface area (TPSA) is 120 Å². The number of carbonyl (C=O) groups is 2. The molecule has 1 aromatic heterocycles. The van der Waals surface area contributed by atoms with Gasteiger partial charge in [0.05, 0.1) is 0 Å². The van der Waals surface area contributed by atoms with Crippen LogP contribution in [-0.2, 0) is 9.53 Å². The highest BCUT2D eigenvalue weighted by Gasteiger charge is 2.23. The van der Waals surface area contributed by atoms with Crippen molar-refractivity contribution in [2.45, 2.75) is 20.0 Å². The largest absolute Gasteiger partial charge is 0.448 e. The number of anilines is 2. The normalized spacial score (nSPS) is 11.7. The Hall–Kier alpha value is -2.90. The molecule has 1 amide bonds. The number of hydrogen-bond acceptors (Lipinski definition) is 7. The third kappa shape index (κ3) is 3.56. The Balaban J connectivity index is 1.97. The van der Waals surface area contributed by atoms with Gasteiger partial charge in [0, 0.05) is 5.69 Å².